The Morgan fingerprint density at radius 1 is 0.321 bits per heavy atom. The maximum Gasteiger partial charge on any atom is 0.328 e. The molecule has 0 aliphatic rings. The van der Waals surface area contributed by atoms with Crippen molar-refractivity contribution < 1.29 is 59.4 Å². The van der Waals surface area contributed by atoms with Crippen LogP contribution >= 0.6 is 0 Å². The third-order valence-corrected chi connectivity index (χ3v) is 7.29. The third-order valence-electron chi connectivity index (χ3n) is 7.29. The zero-order valence-electron chi connectivity index (χ0n) is 32.4. The first-order valence-corrected chi connectivity index (χ1v) is 19.3. The van der Waals surface area contributed by atoms with Gasteiger partial charge in [-0.3, -0.25) is 9.59 Å². The van der Waals surface area contributed by atoms with Crippen LogP contribution < -0.4 is 0 Å². The topological polar surface area (TPSA) is 224 Å². The monoisotopic (exact) mass is 754 g/mol. The van der Waals surface area contributed by atoms with Gasteiger partial charge in [0.2, 0.25) is 0 Å². The molecule has 12 heteroatoms. The van der Waals surface area contributed by atoms with Crippen LogP contribution in [0.1, 0.15) is 174 Å². The summed E-state index contributed by atoms with van der Waals surface area (Å²) in [6.07, 6.45) is 40.3. The van der Waals surface area contributed by atoms with E-state index in [0.717, 1.165) is 25.7 Å². The van der Waals surface area contributed by atoms with Crippen molar-refractivity contribution in [3.05, 3.63) is 48.6 Å². The Hall–Kier alpha value is -4.22. The van der Waals surface area contributed by atoms with Crippen molar-refractivity contribution in [2.75, 3.05) is 0 Å². The van der Waals surface area contributed by atoms with Crippen LogP contribution in [0.4, 0.5) is 0 Å². The lowest BCUT2D eigenvalue weighted by Gasteiger charge is -1.98. The van der Waals surface area contributed by atoms with Gasteiger partial charge < -0.3 is 30.6 Å². The smallest absolute Gasteiger partial charge is 0.328 e. The number of rotatable bonds is 31. The molecule has 0 atom stereocenters. The second-order valence-corrected chi connectivity index (χ2v) is 12.4. The van der Waals surface area contributed by atoms with E-state index in [2.05, 4.69) is 38.2 Å². The van der Waals surface area contributed by atoms with Crippen LogP contribution in [0.25, 0.3) is 0 Å². The van der Waals surface area contributed by atoms with Crippen molar-refractivity contribution in [2.45, 2.75) is 174 Å². The summed E-state index contributed by atoms with van der Waals surface area (Å²) >= 11 is 0. The summed E-state index contributed by atoms with van der Waals surface area (Å²) in [5.41, 5.74) is 0. The van der Waals surface area contributed by atoms with Gasteiger partial charge in [0.05, 0.1) is 0 Å². The number of carboxylic acid groups (broad SMARTS) is 6. The number of hydrogen-bond acceptors (Lipinski definition) is 6. The summed E-state index contributed by atoms with van der Waals surface area (Å²) in [6, 6.07) is 0. The molecule has 0 aromatic rings. The van der Waals surface area contributed by atoms with Gasteiger partial charge in [-0.1, -0.05) is 122 Å². The molecule has 0 fully saturated rings. The molecule has 0 unspecified atom stereocenters. The van der Waals surface area contributed by atoms with E-state index < -0.39 is 35.8 Å². The summed E-state index contributed by atoms with van der Waals surface area (Å²) in [5.74, 6) is -6.36. The first-order valence-electron chi connectivity index (χ1n) is 19.3. The van der Waals surface area contributed by atoms with Crippen LogP contribution in [0, 0.1) is 0 Å². The van der Waals surface area contributed by atoms with Crippen molar-refractivity contribution in [2.24, 2.45) is 0 Å². The Balaban J connectivity index is -0.000000325. The minimum Gasteiger partial charge on any atom is -0.481 e. The number of carboxylic acids is 6. The Labute approximate surface area is 317 Å². The molecule has 0 aliphatic heterocycles. The highest BCUT2D eigenvalue weighted by molar-refractivity contribution is 5.90. The van der Waals surface area contributed by atoms with E-state index in [4.69, 9.17) is 30.6 Å². The van der Waals surface area contributed by atoms with Gasteiger partial charge >= 0.3 is 35.8 Å². The first-order chi connectivity index (χ1) is 25.3. The van der Waals surface area contributed by atoms with Crippen molar-refractivity contribution in [3.63, 3.8) is 0 Å². The predicted octanol–water partition coefficient (Wildman–Crippen LogP) is 10.5. The zero-order chi connectivity index (χ0) is 40.8. The molecule has 0 saturated heterocycles. The van der Waals surface area contributed by atoms with Gasteiger partial charge in [-0.25, -0.2) is 19.2 Å². The van der Waals surface area contributed by atoms with Gasteiger partial charge in [0, 0.05) is 37.1 Å². The molecule has 0 spiro atoms. The molecule has 306 valence electrons. The zero-order valence-corrected chi connectivity index (χ0v) is 32.4. The normalized spacial score (nSPS) is 10.7. The van der Waals surface area contributed by atoms with Gasteiger partial charge in [0.25, 0.3) is 0 Å². The summed E-state index contributed by atoms with van der Waals surface area (Å²) in [4.78, 5) is 58.8. The molecule has 0 aliphatic carbocycles. The summed E-state index contributed by atoms with van der Waals surface area (Å²) in [6.45, 7) is 4.49. The molecular weight excluding hydrogens is 684 g/mol. The van der Waals surface area contributed by atoms with E-state index in [1.165, 1.54) is 122 Å². The average Bonchev–Trinajstić information content (AvgIpc) is 3.09. The number of aliphatic carboxylic acids is 6. The maximum absolute atomic E-state index is 10.3. The van der Waals surface area contributed by atoms with Crippen molar-refractivity contribution in [1.29, 1.82) is 0 Å². The maximum atomic E-state index is 10.3. The van der Waals surface area contributed by atoms with E-state index in [-0.39, 0.29) is 0 Å². The molecule has 0 radical (unpaired) electrons. The average molecular weight is 755 g/mol. The Kier molecular flexibility index (Phi) is 50.1. The van der Waals surface area contributed by atoms with Crippen molar-refractivity contribution in [3.8, 4) is 0 Å². The quantitative estimate of drug-likeness (QED) is 0.0221. The third kappa shape index (κ3) is 74.0. The number of unbranched alkanes of at least 4 members (excludes halogenated alkanes) is 19. The highest BCUT2D eigenvalue weighted by Crippen LogP contribution is 2.10. The SMILES string of the molecule is CCCCCC/C=C\CCCCCCCC(=O)O.CCCCCCC/C=C\CCCCCCCC(=O)O.O=C(O)/C=C/C(=O)O.O=C(O)/C=C\C(=O)O. The largest absolute Gasteiger partial charge is 0.481 e. The van der Waals surface area contributed by atoms with Crippen molar-refractivity contribution >= 4 is 35.8 Å². The van der Waals surface area contributed by atoms with Crippen LogP contribution in [0.15, 0.2) is 48.6 Å². The van der Waals surface area contributed by atoms with Gasteiger partial charge in [0.1, 0.15) is 0 Å². The summed E-state index contributed by atoms with van der Waals surface area (Å²) < 4.78 is 0. The second-order valence-electron chi connectivity index (χ2n) is 12.4. The molecule has 0 amide bonds. The minimum absolute atomic E-state index is 0.331. The van der Waals surface area contributed by atoms with Crippen LogP contribution in [-0.4, -0.2) is 66.5 Å². The van der Waals surface area contributed by atoms with E-state index in [1.807, 2.05) is 0 Å². The van der Waals surface area contributed by atoms with Gasteiger partial charge in [0.15, 0.2) is 0 Å². The summed E-state index contributed by atoms with van der Waals surface area (Å²) in [5, 5.41) is 48.2. The molecule has 0 saturated carbocycles. The lowest BCUT2D eigenvalue weighted by atomic mass is 10.1. The standard InChI is InChI=1S/C17H32O2.C16H30O2.2C4H4O4/c1-2-3-4-5-6-7-8-9-10-11-12-13-14-15-16-17(18)19;1-2-3-4-5-6-7-8-9-10-11-12-13-14-15-16(17)18;2*5-3(6)1-2-4(7)8/h8-9H,2-7,10-16H2,1H3,(H,18,19);7-8H,2-6,9-15H2,1H3,(H,17,18);2*1-2H,(H,5,6)(H,7,8)/b9-8-;8-7-;2-1+;2-1-. The predicted molar refractivity (Wildman–Crippen MR) is 209 cm³/mol. The molecule has 53 heavy (non-hydrogen) atoms. The molecular formula is C41H70O12. The Bertz CT molecular complexity index is 962. The lowest BCUT2D eigenvalue weighted by Crippen LogP contribution is -1.93. The van der Waals surface area contributed by atoms with E-state index in [0.29, 0.717) is 37.1 Å². The molecule has 0 aromatic carbocycles. The van der Waals surface area contributed by atoms with Crippen molar-refractivity contribution in [1.82, 2.24) is 0 Å². The van der Waals surface area contributed by atoms with Crippen LogP contribution in [-0.2, 0) is 28.8 Å². The fourth-order valence-corrected chi connectivity index (χ4v) is 4.45. The second kappa shape index (κ2) is 47.8. The molecule has 0 bridgehead atoms. The van der Waals surface area contributed by atoms with Gasteiger partial charge in [-0.2, -0.15) is 0 Å². The molecule has 12 nitrogen and oxygen atoms in total. The fraction of sp³-hybridized carbons (Fsp3) is 0.659. The molecule has 0 heterocycles. The van der Waals surface area contributed by atoms with Crippen LogP contribution in [0.5, 0.6) is 0 Å². The Morgan fingerprint density at radius 3 is 0.755 bits per heavy atom. The summed E-state index contributed by atoms with van der Waals surface area (Å²) in [7, 11) is 0. The highest BCUT2D eigenvalue weighted by atomic mass is 16.4. The van der Waals surface area contributed by atoms with E-state index >= 15 is 0 Å². The van der Waals surface area contributed by atoms with E-state index in [1.54, 1.807) is 0 Å². The van der Waals surface area contributed by atoms with Gasteiger partial charge in [-0.05, 0) is 64.2 Å². The molecule has 0 rings (SSSR count). The van der Waals surface area contributed by atoms with Crippen LogP contribution in [0.2, 0.25) is 0 Å². The van der Waals surface area contributed by atoms with Crippen LogP contribution in [0.3, 0.4) is 0 Å². The Morgan fingerprint density at radius 2 is 0.528 bits per heavy atom. The first kappa shape index (κ1) is 55.5. The fourth-order valence-electron chi connectivity index (χ4n) is 4.45. The highest BCUT2D eigenvalue weighted by Gasteiger charge is 1.97. The van der Waals surface area contributed by atoms with Gasteiger partial charge in [-0.15, -0.1) is 0 Å². The minimum atomic E-state index is -1.26. The number of hydrogen-bond donors (Lipinski definition) is 6. The lowest BCUT2D eigenvalue weighted by molar-refractivity contribution is -0.138. The van der Waals surface area contributed by atoms with E-state index in [9.17, 15) is 28.8 Å². The number of allylic oxidation sites excluding steroid dienone is 4. The molecule has 6 N–H and O–H groups in total. The number of carbonyl (C=O) groups is 6. The molecule has 0 aromatic heterocycles.